The zero-order valence-electron chi connectivity index (χ0n) is 6.37. The van der Waals surface area contributed by atoms with Gasteiger partial charge >= 0.3 is 0 Å². The van der Waals surface area contributed by atoms with Gasteiger partial charge < -0.3 is 30.9 Å². The molecule has 0 aromatic heterocycles. The number of hydrogen-bond donors (Lipinski definition) is 5. The molecule has 72 valence electrons. The fourth-order valence-electron chi connectivity index (χ4n) is 1.13. The van der Waals surface area contributed by atoms with Gasteiger partial charge in [-0.3, -0.25) is 0 Å². The van der Waals surface area contributed by atoms with Gasteiger partial charge in [-0.25, -0.2) is 0 Å². The zero-order chi connectivity index (χ0) is 9.30. The van der Waals surface area contributed by atoms with Crippen LogP contribution in [-0.4, -0.2) is 57.7 Å². The van der Waals surface area contributed by atoms with E-state index in [1.165, 1.54) is 0 Å². The van der Waals surface area contributed by atoms with E-state index in [1.54, 1.807) is 0 Å². The summed E-state index contributed by atoms with van der Waals surface area (Å²) in [6.45, 7) is -0.446. The first-order valence-electron chi connectivity index (χ1n) is 3.64. The minimum atomic E-state index is -1.44. The van der Waals surface area contributed by atoms with Gasteiger partial charge in [0.05, 0.1) is 12.6 Å². The monoisotopic (exact) mass is 179 g/mol. The molecule has 0 radical (unpaired) electrons. The lowest BCUT2D eigenvalue weighted by molar-refractivity contribution is -0.258. The minimum Gasteiger partial charge on any atom is -0.394 e. The Balaban J connectivity index is 2.63. The normalized spacial score (nSPS) is 49.2. The first kappa shape index (κ1) is 9.85. The number of aliphatic hydroxyl groups excluding tert-OH is 4. The summed E-state index contributed by atoms with van der Waals surface area (Å²) >= 11 is 0. The molecule has 0 bridgehead atoms. The lowest BCUT2D eigenvalue weighted by atomic mass is 9.97. The van der Waals surface area contributed by atoms with E-state index < -0.39 is 37.3 Å². The molecule has 0 amide bonds. The van der Waals surface area contributed by atoms with Crippen LogP contribution in [0.25, 0.3) is 0 Å². The first-order valence-corrected chi connectivity index (χ1v) is 3.64. The van der Waals surface area contributed by atoms with Crippen LogP contribution in [0.1, 0.15) is 0 Å². The molecule has 6 heteroatoms. The second-order valence-corrected chi connectivity index (χ2v) is 2.81. The SMILES string of the molecule is N[C@@H]1C(O)[C@@H](O)OC(CO)[C@H]1O. The van der Waals surface area contributed by atoms with Gasteiger partial charge in [0.15, 0.2) is 6.29 Å². The van der Waals surface area contributed by atoms with Crippen molar-refractivity contribution in [2.75, 3.05) is 6.61 Å². The smallest absolute Gasteiger partial charge is 0.183 e. The van der Waals surface area contributed by atoms with Gasteiger partial charge in [0.1, 0.15) is 18.3 Å². The average molecular weight is 179 g/mol. The predicted molar refractivity (Wildman–Crippen MR) is 38.0 cm³/mol. The predicted octanol–water partition coefficient (Wildman–Crippen LogP) is -3.26. The second kappa shape index (κ2) is 3.65. The quantitative estimate of drug-likeness (QED) is 0.288. The highest BCUT2D eigenvalue weighted by Crippen LogP contribution is 2.17. The molecule has 1 aliphatic rings. The van der Waals surface area contributed by atoms with Crippen molar-refractivity contribution in [2.24, 2.45) is 5.73 Å². The average Bonchev–Trinajstić information content (AvgIpc) is 2.08. The Hall–Kier alpha value is -0.240. The molecular weight excluding hydrogens is 166 g/mol. The fourth-order valence-corrected chi connectivity index (χ4v) is 1.13. The maximum atomic E-state index is 9.24. The summed E-state index contributed by atoms with van der Waals surface area (Å²) in [4.78, 5) is 0. The molecule has 0 aliphatic carbocycles. The van der Waals surface area contributed by atoms with Crippen LogP contribution in [0.4, 0.5) is 0 Å². The van der Waals surface area contributed by atoms with E-state index in [-0.39, 0.29) is 0 Å². The first-order chi connectivity index (χ1) is 5.57. The van der Waals surface area contributed by atoms with Crippen molar-refractivity contribution in [1.82, 2.24) is 0 Å². The summed E-state index contributed by atoms with van der Waals surface area (Å²) in [6.07, 6.45) is -4.85. The molecule has 5 atom stereocenters. The minimum absolute atomic E-state index is 0.446. The van der Waals surface area contributed by atoms with E-state index in [2.05, 4.69) is 4.74 Å². The van der Waals surface area contributed by atoms with E-state index in [1.807, 2.05) is 0 Å². The molecule has 1 aliphatic heterocycles. The van der Waals surface area contributed by atoms with Crippen LogP contribution < -0.4 is 5.73 Å². The lowest BCUT2D eigenvalue weighted by Gasteiger charge is -2.38. The maximum absolute atomic E-state index is 9.24. The van der Waals surface area contributed by atoms with E-state index in [0.29, 0.717) is 0 Å². The zero-order valence-corrected chi connectivity index (χ0v) is 6.37. The molecule has 1 rings (SSSR count). The molecule has 12 heavy (non-hydrogen) atoms. The van der Waals surface area contributed by atoms with Crippen molar-refractivity contribution in [1.29, 1.82) is 0 Å². The standard InChI is InChI=1S/C6H13NO5/c7-3-4(9)2(1-8)12-6(11)5(3)10/h2-6,8-11H,1,7H2/t2?,3-,4+,5?,6-/m0/s1. The molecule has 6 N–H and O–H groups in total. The molecule has 2 unspecified atom stereocenters. The summed E-state index contributed by atoms with van der Waals surface area (Å²) in [6, 6.07) is -0.995. The van der Waals surface area contributed by atoms with E-state index in [4.69, 9.17) is 21.1 Å². The van der Waals surface area contributed by atoms with E-state index >= 15 is 0 Å². The van der Waals surface area contributed by atoms with Gasteiger partial charge in [-0.05, 0) is 0 Å². The molecule has 6 nitrogen and oxygen atoms in total. The molecule has 0 saturated carbocycles. The van der Waals surface area contributed by atoms with Crippen LogP contribution in [0.5, 0.6) is 0 Å². The summed E-state index contributed by atoms with van der Waals surface area (Å²) in [5.74, 6) is 0. The van der Waals surface area contributed by atoms with Gasteiger partial charge in [0, 0.05) is 0 Å². The van der Waals surface area contributed by atoms with Crippen molar-refractivity contribution in [3.63, 3.8) is 0 Å². The topological polar surface area (TPSA) is 116 Å². The molecule has 0 aromatic rings. The highest BCUT2D eigenvalue weighted by atomic mass is 16.6. The second-order valence-electron chi connectivity index (χ2n) is 2.81. The molecule has 0 spiro atoms. The van der Waals surface area contributed by atoms with E-state index in [0.717, 1.165) is 0 Å². The van der Waals surface area contributed by atoms with Gasteiger partial charge in [-0.1, -0.05) is 0 Å². The summed E-state index contributed by atoms with van der Waals surface area (Å²) in [5, 5.41) is 36.0. The Labute approximate surface area is 69.2 Å². The molecule has 0 aromatic carbocycles. The van der Waals surface area contributed by atoms with Crippen LogP contribution >= 0.6 is 0 Å². The fraction of sp³-hybridized carbons (Fsp3) is 1.00. The summed E-state index contributed by atoms with van der Waals surface area (Å²) in [5.41, 5.74) is 5.33. The highest BCUT2D eigenvalue weighted by Gasteiger charge is 2.41. The third-order valence-corrected chi connectivity index (χ3v) is 1.96. The third-order valence-electron chi connectivity index (χ3n) is 1.96. The number of nitrogens with two attached hydrogens (primary N) is 1. The number of ether oxygens (including phenoxy) is 1. The van der Waals surface area contributed by atoms with Crippen molar-refractivity contribution in [3.8, 4) is 0 Å². The maximum Gasteiger partial charge on any atom is 0.183 e. The number of aliphatic hydroxyl groups is 4. The van der Waals surface area contributed by atoms with Gasteiger partial charge in [-0.2, -0.15) is 0 Å². The summed E-state index contributed by atoms with van der Waals surface area (Å²) < 4.78 is 4.66. The number of hydrogen-bond acceptors (Lipinski definition) is 6. The Kier molecular flexibility index (Phi) is 2.99. The van der Waals surface area contributed by atoms with Crippen molar-refractivity contribution >= 4 is 0 Å². The number of rotatable bonds is 1. The third kappa shape index (κ3) is 1.58. The Bertz CT molecular complexity index is 150. The van der Waals surface area contributed by atoms with Crippen LogP contribution in [0.2, 0.25) is 0 Å². The van der Waals surface area contributed by atoms with Crippen LogP contribution in [-0.2, 0) is 4.74 Å². The van der Waals surface area contributed by atoms with Gasteiger partial charge in [0.2, 0.25) is 0 Å². The Morgan fingerprint density at radius 2 is 1.75 bits per heavy atom. The Morgan fingerprint density at radius 3 is 2.25 bits per heavy atom. The molecule has 1 saturated heterocycles. The van der Waals surface area contributed by atoms with Gasteiger partial charge in [-0.15, -0.1) is 0 Å². The van der Waals surface area contributed by atoms with Crippen LogP contribution in [0.3, 0.4) is 0 Å². The molecular formula is C6H13NO5. The van der Waals surface area contributed by atoms with E-state index in [9.17, 15) is 5.11 Å². The van der Waals surface area contributed by atoms with Crippen molar-refractivity contribution in [3.05, 3.63) is 0 Å². The highest BCUT2D eigenvalue weighted by molar-refractivity contribution is 4.90. The van der Waals surface area contributed by atoms with Crippen LogP contribution in [0, 0.1) is 0 Å². The van der Waals surface area contributed by atoms with Gasteiger partial charge in [0.25, 0.3) is 0 Å². The summed E-state index contributed by atoms with van der Waals surface area (Å²) in [7, 11) is 0. The van der Waals surface area contributed by atoms with Crippen LogP contribution in [0.15, 0.2) is 0 Å². The Morgan fingerprint density at radius 1 is 1.17 bits per heavy atom. The molecule has 1 heterocycles. The lowest BCUT2D eigenvalue weighted by Crippen LogP contribution is -2.62. The van der Waals surface area contributed by atoms with Crippen molar-refractivity contribution in [2.45, 2.75) is 30.6 Å². The molecule has 1 fully saturated rings. The van der Waals surface area contributed by atoms with Crippen molar-refractivity contribution < 1.29 is 25.2 Å². The largest absolute Gasteiger partial charge is 0.394 e.